The smallest absolute Gasteiger partial charge is 0.255 e. The summed E-state index contributed by atoms with van der Waals surface area (Å²) in [7, 11) is 2.16. The number of likely N-dealkylation sites (N-methyl/N-ethyl adjacent to an activating group) is 1. The second kappa shape index (κ2) is 7.46. The van der Waals surface area contributed by atoms with E-state index in [0.29, 0.717) is 11.8 Å². The molecule has 0 aliphatic carbocycles. The zero-order valence-electron chi connectivity index (χ0n) is 18.0. The van der Waals surface area contributed by atoms with Gasteiger partial charge in [0.05, 0.1) is 12.4 Å². The number of nitrogens with zero attached hydrogens (tertiary/aromatic N) is 7. The van der Waals surface area contributed by atoms with Crippen LogP contribution in [0.5, 0.6) is 0 Å². The number of hydrogen-bond donors (Lipinski definition) is 0. The van der Waals surface area contributed by atoms with E-state index in [9.17, 15) is 4.79 Å². The molecular formula is C23H29N7O. The number of piperidine rings is 1. The average Bonchev–Trinajstić information content (AvgIpc) is 3.26. The van der Waals surface area contributed by atoms with E-state index in [-0.39, 0.29) is 5.56 Å². The maximum atomic E-state index is 13.4. The molecule has 0 radical (unpaired) electrons. The molecular weight excluding hydrogens is 390 g/mol. The maximum Gasteiger partial charge on any atom is 0.255 e. The van der Waals surface area contributed by atoms with Crippen LogP contribution in [0.1, 0.15) is 23.6 Å². The zero-order valence-corrected chi connectivity index (χ0v) is 18.0. The van der Waals surface area contributed by atoms with Crippen molar-refractivity contribution < 1.29 is 0 Å². The van der Waals surface area contributed by atoms with E-state index in [4.69, 9.17) is 0 Å². The van der Waals surface area contributed by atoms with Crippen LogP contribution >= 0.6 is 0 Å². The van der Waals surface area contributed by atoms with Crippen LogP contribution in [0.3, 0.4) is 0 Å². The summed E-state index contributed by atoms with van der Waals surface area (Å²) in [5.74, 6) is 1.94. The predicted octanol–water partition coefficient (Wildman–Crippen LogP) is 1.26. The highest BCUT2D eigenvalue weighted by Gasteiger charge is 2.36. The van der Waals surface area contributed by atoms with Gasteiger partial charge in [-0.1, -0.05) is 6.07 Å². The van der Waals surface area contributed by atoms with Crippen LogP contribution < -0.4 is 10.5 Å². The molecule has 6 rings (SSSR count). The first-order valence-corrected chi connectivity index (χ1v) is 11.3. The van der Waals surface area contributed by atoms with E-state index in [1.54, 1.807) is 6.20 Å². The minimum Gasteiger partial charge on any atom is -0.355 e. The van der Waals surface area contributed by atoms with Crippen molar-refractivity contribution in [3.05, 3.63) is 58.5 Å². The Balaban J connectivity index is 1.27. The lowest BCUT2D eigenvalue weighted by atomic mass is 9.83. The molecule has 0 saturated carbocycles. The van der Waals surface area contributed by atoms with Crippen LogP contribution in [0.15, 0.2) is 41.7 Å². The third kappa shape index (κ3) is 3.34. The van der Waals surface area contributed by atoms with Gasteiger partial charge in [-0.25, -0.2) is 4.98 Å². The average molecular weight is 420 g/mol. The minimum atomic E-state index is 0.220. The van der Waals surface area contributed by atoms with Gasteiger partial charge in [0.25, 0.3) is 5.56 Å². The van der Waals surface area contributed by atoms with Crippen molar-refractivity contribution in [3.63, 3.8) is 0 Å². The van der Waals surface area contributed by atoms with Gasteiger partial charge in [-0.2, -0.15) is 0 Å². The molecule has 0 spiro atoms. The number of hydrogen-bond acceptors (Lipinski definition) is 6. The Hall–Kier alpha value is -2.71. The van der Waals surface area contributed by atoms with Crippen LogP contribution in [0.25, 0.3) is 5.65 Å². The second-order valence-electron chi connectivity index (χ2n) is 9.40. The van der Waals surface area contributed by atoms with Crippen molar-refractivity contribution in [3.8, 4) is 0 Å². The van der Waals surface area contributed by atoms with Gasteiger partial charge in [0, 0.05) is 81.9 Å². The van der Waals surface area contributed by atoms with Crippen LogP contribution in [-0.4, -0.2) is 75.1 Å². The molecule has 3 aliphatic rings. The van der Waals surface area contributed by atoms with E-state index in [1.165, 1.54) is 5.69 Å². The molecule has 0 N–H and O–H groups in total. The molecule has 2 saturated heterocycles. The van der Waals surface area contributed by atoms with Gasteiger partial charge in [-0.3, -0.25) is 19.1 Å². The molecule has 0 amide bonds. The molecule has 162 valence electrons. The first-order chi connectivity index (χ1) is 15.2. The summed E-state index contributed by atoms with van der Waals surface area (Å²) in [6.07, 6.45) is 8.70. The van der Waals surface area contributed by atoms with Crippen LogP contribution in [-0.2, 0) is 13.1 Å². The van der Waals surface area contributed by atoms with Crippen LogP contribution in [0.4, 0.5) is 5.82 Å². The molecule has 3 aromatic heterocycles. The molecule has 3 aromatic rings. The molecule has 8 nitrogen and oxygen atoms in total. The Morgan fingerprint density at radius 1 is 1.06 bits per heavy atom. The Morgan fingerprint density at radius 3 is 2.81 bits per heavy atom. The molecule has 2 fully saturated rings. The first-order valence-electron chi connectivity index (χ1n) is 11.3. The summed E-state index contributed by atoms with van der Waals surface area (Å²) in [5.41, 5.74) is 3.23. The van der Waals surface area contributed by atoms with Crippen molar-refractivity contribution in [1.82, 2.24) is 28.7 Å². The highest BCUT2D eigenvalue weighted by Crippen LogP contribution is 2.37. The highest BCUT2D eigenvalue weighted by atomic mass is 16.1. The number of fused-ring (bicyclic) bond motifs is 5. The van der Waals surface area contributed by atoms with Crippen LogP contribution in [0.2, 0.25) is 0 Å². The van der Waals surface area contributed by atoms with Gasteiger partial charge in [0.2, 0.25) is 0 Å². The number of imidazole rings is 1. The molecule has 2 atom stereocenters. The number of anilines is 1. The normalized spacial score (nSPS) is 24.5. The summed E-state index contributed by atoms with van der Waals surface area (Å²) in [5, 5.41) is 0. The van der Waals surface area contributed by atoms with Gasteiger partial charge >= 0.3 is 0 Å². The molecule has 3 aliphatic heterocycles. The van der Waals surface area contributed by atoms with E-state index in [0.717, 1.165) is 75.8 Å². The van der Waals surface area contributed by atoms with Gasteiger partial charge < -0.3 is 14.4 Å². The summed E-state index contributed by atoms with van der Waals surface area (Å²) < 4.78 is 4.19. The summed E-state index contributed by atoms with van der Waals surface area (Å²) in [6.45, 7) is 7.65. The molecule has 8 heteroatoms. The van der Waals surface area contributed by atoms with E-state index >= 15 is 0 Å². The van der Waals surface area contributed by atoms with Crippen molar-refractivity contribution in [2.45, 2.75) is 25.4 Å². The van der Waals surface area contributed by atoms with Gasteiger partial charge in [-0.15, -0.1) is 0 Å². The van der Waals surface area contributed by atoms with E-state index in [1.807, 2.05) is 18.6 Å². The van der Waals surface area contributed by atoms with Gasteiger partial charge in [0.1, 0.15) is 5.82 Å². The van der Waals surface area contributed by atoms with E-state index in [2.05, 4.69) is 52.8 Å². The fraction of sp³-hybridized carbons (Fsp3) is 0.522. The molecule has 31 heavy (non-hydrogen) atoms. The summed E-state index contributed by atoms with van der Waals surface area (Å²) in [4.78, 5) is 29.3. The lowest BCUT2D eigenvalue weighted by Gasteiger charge is -2.43. The minimum absolute atomic E-state index is 0.220. The number of pyridine rings is 1. The van der Waals surface area contributed by atoms with Gasteiger partial charge in [0.15, 0.2) is 5.65 Å². The lowest BCUT2D eigenvalue weighted by Crippen LogP contribution is -2.49. The number of aromatic nitrogens is 4. The van der Waals surface area contributed by atoms with Crippen molar-refractivity contribution >= 4 is 11.5 Å². The van der Waals surface area contributed by atoms with Gasteiger partial charge in [-0.05, 0) is 25.5 Å². The third-order valence-corrected chi connectivity index (χ3v) is 7.29. The molecule has 0 aromatic carbocycles. The zero-order chi connectivity index (χ0) is 20.9. The number of piperazine rings is 1. The predicted molar refractivity (Wildman–Crippen MR) is 120 cm³/mol. The fourth-order valence-electron chi connectivity index (χ4n) is 5.62. The maximum absolute atomic E-state index is 13.4. The second-order valence-corrected chi connectivity index (χ2v) is 9.40. The van der Waals surface area contributed by atoms with Crippen LogP contribution in [0, 0.1) is 5.92 Å². The standard InChI is InChI=1S/C23H29N7O/c1-26-6-8-27(9-7-26)15-18-2-3-20-19-10-17(14-30(20)23(18)31)13-28(16-19)22-12-24-11-21-25-4-5-29(21)22/h2-5,11-12,17,19H,6-10,13-16H2,1H3/t17-,19+/m0/s1. The Labute approximate surface area is 181 Å². The quantitative estimate of drug-likeness (QED) is 0.637. The molecule has 6 heterocycles. The Kier molecular flexibility index (Phi) is 4.57. The summed E-state index contributed by atoms with van der Waals surface area (Å²) >= 11 is 0. The third-order valence-electron chi connectivity index (χ3n) is 7.29. The summed E-state index contributed by atoms with van der Waals surface area (Å²) in [6, 6.07) is 4.30. The monoisotopic (exact) mass is 419 g/mol. The molecule has 0 unspecified atom stereocenters. The lowest BCUT2D eigenvalue weighted by molar-refractivity contribution is 0.147. The van der Waals surface area contributed by atoms with Crippen molar-refractivity contribution in [2.75, 3.05) is 51.2 Å². The fourth-order valence-corrected chi connectivity index (χ4v) is 5.62. The largest absolute Gasteiger partial charge is 0.355 e. The highest BCUT2D eigenvalue weighted by molar-refractivity contribution is 5.49. The van der Waals surface area contributed by atoms with E-state index < -0.39 is 0 Å². The molecule has 2 bridgehead atoms. The number of rotatable bonds is 3. The Bertz CT molecular complexity index is 1160. The SMILES string of the molecule is CN1CCN(Cc2ccc3n(c2=O)C[C@H]2C[C@@H]3CN(c3cncc4nccn34)C2)CC1. The van der Waals surface area contributed by atoms with Crippen molar-refractivity contribution in [2.24, 2.45) is 5.92 Å². The topological polar surface area (TPSA) is 61.9 Å². The van der Waals surface area contributed by atoms with Crippen molar-refractivity contribution in [1.29, 1.82) is 0 Å². The first kappa shape index (κ1) is 19.0. The Morgan fingerprint density at radius 2 is 1.94 bits per heavy atom.